The third kappa shape index (κ3) is 3.55. The number of hydrogen-bond donors (Lipinski definition) is 2. The number of rotatable bonds is 6. The minimum Gasteiger partial charge on any atom is -0.481 e. The molecule has 3 rings (SSSR count). The van der Waals surface area contributed by atoms with Crippen molar-refractivity contribution in [3.63, 3.8) is 0 Å². The molecule has 1 heterocycles. The number of carbonyl (C=O) groups is 3. The highest BCUT2D eigenvalue weighted by molar-refractivity contribution is 5.93. The monoisotopic (exact) mass is 372 g/mol. The fourth-order valence-electron chi connectivity index (χ4n) is 3.60. The molecule has 1 unspecified atom stereocenters. The second-order valence-electron chi connectivity index (χ2n) is 6.35. The molecule has 0 aliphatic heterocycles. The molecular formula is C19H20N2O6. The van der Waals surface area contributed by atoms with Gasteiger partial charge in [-0.15, -0.1) is 0 Å². The van der Waals surface area contributed by atoms with Crippen molar-refractivity contribution in [2.24, 2.45) is 0 Å². The number of hydrogen-bond acceptors (Lipinski definition) is 5. The summed E-state index contributed by atoms with van der Waals surface area (Å²) >= 11 is 0. The van der Waals surface area contributed by atoms with E-state index in [1.165, 1.54) is 10.7 Å². The van der Waals surface area contributed by atoms with Gasteiger partial charge < -0.3 is 14.9 Å². The van der Waals surface area contributed by atoms with E-state index >= 15 is 0 Å². The van der Waals surface area contributed by atoms with Crippen molar-refractivity contribution in [1.82, 2.24) is 9.78 Å². The van der Waals surface area contributed by atoms with Crippen LogP contribution in [0.5, 0.6) is 0 Å². The van der Waals surface area contributed by atoms with Crippen LogP contribution in [0.2, 0.25) is 0 Å². The van der Waals surface area contributed by atoms with E-state index in [0.29, 0.717) is 29.8 Å². The zero-order valence-electron chi connectivity index (χ0n) is 14.8. The molecule has 8 nitrogen and oxygen atoms in total. The largest absolute Gasteiger partial charge is 0.481 e. The van der Waals surface area contributed by atoms with E-state index in [0.717, 1.165) is 6.42 Å². The maximum absolute atomic E-state index is 12.4. The lowest BCUT2D eigenvalue weighted by molar-refractivity contribution is -0.137. The topological polar surface area (TPSA) is 119 Å². The highest BCUT2D eigenvalue weighted by Crippen LogP contribution is 2.38. The summed E-state index contributed by atoms with van der Waals surface area (Å²) in [6.45, 7) is 1.84. The molecule has 1 aromatic heterocycles. The second kappa shape index (κ2) is 7.61. The number of benzene rings is 1. The Kier molecular flexibility index (Phi) is 5.25. The number of carboxylic acids is 2. The van der Waals surface area contributed by atoms with Gasteiger partial charge in [0.15, 0.2) is 5.69 Å². The van der Waals surface area contributed by atoms with E-state index in [1.807, 2.05) is 0 Å². The number of ether oxygens (including phenoxy) is 1. The van der Waals surface area contributed by atoms with Crippen LogP contribution in [-0.2, 0) is 16.0 Å². The molecule has 0 saturated heterocycles. The van der Waals surface area contributed by atoms with Gasteiger partial charge in [-0.2, -0.15) is 5.10 Å². The van der Waals surface area contributed by atoms with Gasteiger partial charge in [0.25, 0.3) is 0 Å². The van der Waals surface area contributed by atoms with Crippen molar-refractivity contribution in [1.29, 1.82) is 0 Å². The Balaban J connectivity index is 2.21. The quantitative estimate of drug-likeness (QED) is 0.748. The van der Waals surface area contributed by atoms with Gasteiger partial charge >= 0.3 is 17.9 Å². The number of para-hydroxylation sites is 1. The van der Waals surface area contributed by atoms with Crippen molar-refractivity contribution >= 4 is 17.9 Å². The minimum absolute atomic E-state index is 0.0542. The van der Waals surface area contributed by atoms with Crippen LogP contribution in [0.3, 0.4) is 0 Å². The summed E-state index contributed by atoms with van der Waals surface area (Å²) in [7, 11) is 0. The first-order valence-corrected chi connectivity index (χ1v) is 8.77. The molecule has 8 heteroatoms. The molecule has 27 heavy (non-hydrogen) atoms. The zero-order chi connectivity index (χ0) is 19.6. The molecule has 2 aromatic rings. The number of aromatic carboxylic acids is 1. The maximum Gasteiger partial charge on any atom is 0.359 e. The van der Waals surface area contributed by atoms with E-state index in [4.69, 9.17) is 4.74 Å². The van der Waals surface area contributed by atoms with Crippen molar-refractivity contribution in [3.05, 3.63) is 46.8 Å². The smallest absolute Gasteiger partial charge is 0.359 e. The molecule has 0 fully saturated rings. The summed E-state index contributed by atoms with van der Waals surface area (Å²) in [4.78, 5) is 35.3. The number of aliphatic carboxylic acids is 1. The van der Waals surface area contributed by atoms with E-state index in [1.54, 1.807) is 25.1 Å². The fourth-order valence-corrected chi connectivity index (χ4v) is 3.60. The van der Waals surface area contributed by atoms with Crippen LogP contribution in [-0.4, -0.2) is 44.5 Å². The molecule has 2 N–H and O–H groups in total. The van der Waals surface area contributed by atoms with Crippen LogP contribution in [0.4, 0.5) is 0 Å². The van der Waals surface area contributed by atoms with E-state index in [9.17, 15) is 24.6 Å². The first-order valence-electron chi connectivity index (χ1n) is 8.77. The van der Waals surface area contributed by atoms with Gasteiger partial charge in [0, 0.05) is 11.3 Å². The highest BCUT2D eigenvalue weighted by atomic mass is 16.5. The van der Waals surface area contributed by atoms with E-state index in [2.05, 4.69) is 5.10 Å². The molecule has 0 bridgehead atoms. The Hall–Kier alpha value is -3.16. The molecule has 1 atom stereocenters. The molecule has 1 aromatic carbocycles. The third-order valence-corrected chi connectivity index (χ3v) is 4.65. The molecule has 1 aliphatic carbocycles. The van der Waals surface area contributed by atoms with Gasteiger partial charge in [-0.05, 0) is 44.2 Å². The van der Waals surface area contributed by atoms with Gasteiger partial charge in [0.05, 0.1) is 24.3 Å². The fraction of sp³-hybridized carbons (Fsp3) is 0.368. The maximum atomic E-state index is 12.4. The Morgan fingerprint density at radius 1 is 1.26 bits per heavy atom. The second-order valence-corrected chi connectivity index (χ2v) is 6.35. The van der Waals surface area contributed by atoms with Crippen LogP contribution in [0.15, 0.2) is 24.3 Å². The van der Waals surface area contributed by atoms with Gasteiger partial charge in [-0.25, -0.2) is 14.3 Å². The Bertz CT molecular complexity index is 902. The van der Waals surface area contributed by atoms with Gasteiger partial charge in [0.2, 0.25) is 0 Å². The van der Waals surface area contributed by atoms with E-state index < -0.39 is 17.9 Å². The highest BCUT2D eigenvalue weighted by Gasteiger charge is 2.34. The van der Waals surface area contributed by atoms with Crippen molar-refractivity contribution in [2.75, 3.05) is 6.61 Å². The van der Waals surface area contributed by atoms with Crippen molar-refractivity contribution < 1.29 is 29.3 Å². The Morgan fingerprint density at radius 2 is 2.00 bits per heavy atom. The lowest BCUT2D eigenvalue weighted by Gasteiger charge is -2.22. The Labute approximate surface area is 155 Å². The SMILES string of the molecule is CCOC(=O)c1nn(-c2ccccc2C(=O)O)c2c1C(CC(=O)O)CCC2. The number of esters is 1. The van der Waals surface area contributed by atoms with Gasteiger partial charge in [-0.3, -0.25) is 4.79 Å². The molecule has 142 valence electrons. The molecular weight excluding hydrogens is 352 g/mol. The number of carboxylic acid groups (broad SMARTS) is 2. The summed E-state index contributed by atoms with van der Waals surface area (Å²) < 4.78 is 6.55. The summed E-state index contributed by atoms with van der Waals surface area (Å²) in [5.74, 6) is -3.05. The molecule has 0 saturated carbocycles. The van der Waals surface area contributed by atoms with Crippen LogP contribution in [0, 0.1) is 0 Å². The predicted molar refractivity (Wildman–Crippen MR) is 94.4 cm³/mol. The number of nitrogens with zero attached hydrogens (tertiary/aromatic N) is 2. The zero-order valence-corrected chi connectivity index (χ0v) is 14.8. The average Bonchev–Trinajstić information content (AvgIpc) is 3.02. The number of carbonyl (C=O) groups excluding carboxylic acids is 1. The first-order chi connectivity index (χ1) is 12.9. The summed E-state index contributed by atoms with van der Waals surface area (Å²) in [6.07, 6.45) is 1.81. The normalized spacial score (nSPS) is 15.8. The van der Waals surface area contributed by atoms with Crippen LogP contribution in [0.25, 0.3) is 5.69 Å². The lowest BCUT2D eigenvalue weighted by Crippen LogP contribution is -2.17. The number of aromatic nitrogens is 2. The van der Waals surface area contributed by atoms with Crippen molar-refractivity contribution in [3.8, 4) is 5.69 Å². The van der Waals surface area contributed by atoms with Crippen LogP contribution in [0.1, 0.15) is 64.2 Å². The van der Waals surface area contributed by atoms with Crippen LogP contribution < -0.4 is 0 Å². The predicted octanol–water partition coefficient (Wildman–Crippen LogP) is 2.64. The minimum atomic E-state index is -1.11. The van der Waals surface area contributed by atoms with Gasteiger partial charge in [-0.1, -0.05) is 12.1 Å². The lowest BCUT2D eigenvalue weighted by atomic mass is 9.83. The van der Waals surface area contributed by atoms with Gasteiger partial charge in [0.1, 0.15) is 0 Å². The Morgan fingerprint density at radius 3 is 2.67 bits per heavy atom. The average molecular weight is 372 g/mol. The molecule has 1 aliphatic rings. The first kappa shape index (κ1) is 18.6. The number of fused-ring (bicyclic) bond motifs is 1. The third-order valence-electron chi connectivity index (χ3n) is 4.65. The molecule has 0 amide bonds. The molecule has 0 radical (unpaired) electrons. The summed E-state index contributed by atoms with van der Waals surface area (Å²) in [5, 5.41) is 23.1. The van der Waals surface area contributed by atoms with Crippen molar-refractivity contribution in [2.45, 2.75) is 38.5 Å². The summed E-state index contributed by atoms with van der Waals surface area (Å²) in [5.41, 5.74) is 1.69. The standard InChI is InChI=1S/C19H20N2O6/c1-2-27-19(26)17-16-11(10-15(22)23)6-5-9-14(16)21(20-17)13-8-4-3-7-12(13)18(24)25/h3-4,7-8,11H,2,5-6,9-10H2,1H3,(H,22,23)(H,24,25). The van der Waals surface area contributed by atoms with Crippen LogP contribution >= 0.6 is 0 Å². The van der Waals surface area contributed by atoms with E-state index in [-0.39, 0.29) is 30.2 Å². The summed E-state index contributed by atoms with van der Waals surface area (Å²) in [6, 6.07) is 6.39. The molecule has 0 spiro atoms.